The number of anilines is 2. The fraction of sp³-hybridized carbons (Fsp3) is 0.143. The van der Waals surface area contributed by atoms with Crippen LogP contribution in [0.3, 0.4) is 0 Å². The molecule has 0 aliphatic rings. The number of aryl methyl sites for hydroxylation is 1. The summed E-state index contributed by atoms with van der Waals surface area (Å²) in [6, 6.07) is 17.6. The SMILES string of the molecule is Cc1cc(Nc2ccc(Cl)c(CS(C)=O)c2)n2c(nc3ccccc32)c1C#N. The van der Waals surface area contributed by atoms with E-state index >= 15 is 0 Å². The number of pyridine rings is 1. The summed E-state index contributed by atoms with van der Waals surface area (Å²) in [7, 11) is -0.987. The maximum atomic E-state index is 11.6. The number of imidazole rings is 1. The van der Waals surface area contributed by atoms with Crippen molar-refractivity contribution in [3.05, 3.63) is 70.2 Å². The standard InChI is InChI=1S/C21H17ClN4OS/c1-13-9-20(24-15-7-8-17(22)14(10-15)12-28(2)27)26-19-6-4-3-5-18(19)25-21(26)16(13)11-23/h3-10,24H,12H2,1-2H3. The van der Waals surface area contributed by atoms with Gasteiger partial charge in [0.25, 0.3) is 0 Å². The molecule has 0 saturated heterocycles. The molecule has 2 heterocycles. The number of nitrogens with zero attached hydrogens (tertiary/aromatic N) is 3. The summed E-state index contributed by atoms with van der Waals surface area (Å²) in [6.45, 7) is 1.90. The number of fused-ring (bicyclic) bond motifs is 3. The number of benzene rings is 2. The van der Waals surface area contributed by atoms with Gasteiger partial charge < -0.3 is 5.32 Å². The molecular formula is C21H17ClN4OS. The van der Waals surface area contributed by atoms with Crippen molar-refractivity contribution in [3.63, 3.8) is 0 Å². The highest BCUT2D eigenvalue weighted by Crippen LogP contribution is 2.30. The molecule has 0 amide bonds. The Bertz CT molecular complexity index is 1290. The Labute approximate surface area is 170 Å². The molecule has 0 bridgehead atoms. The number of nitrogens with one attached hydrogen (secondary N) is 1. The molecule has 140 valence electrons. The van der Waals surface area contributed by atoms with Gasteiger partial charge in [0.2, 0.25) is 0 Å². The van der Waals surface area contributed by atoms with Crippen molar-refractivity contribution < 1.29 is 4.21 Å². The first kappa shape index (κ1) is 18.5. The van der Waals surface area contributed by atoms with Crippen molar-refractivity contribution in [2.24, 2.45) is 0 Å². The normalized spacial score (nSPS) is 12.2. The van der Waals surface area contributed by atoms with Gasteiger partial charge in [-0.05, 0) is 54.4 Å². The molecule has 2 aromatic carbocycles. The van der Waals surface area contributed by atoms with Crippen molar-refractivity contribution in [2.75, 3.05) is 11.6 Å². The summed E-state index contributed by atoms with van der Waals surface area (Å²) in [4.78, 5) is 4.66. The van der Waals surface area contributed by atoms with Gasteiger partial charge in [-0.15, -0.1) is 0 Å². The summed E-state index contributed by atoms with van der Waals surface area (Å²) in [6.07, 6.45) is 1.65. The molecule has 4 aromatic rings. The third kappa shape index (κ3) is 3.24. The first-order valence-electron chi connectivity index (χ1n) is 8.64. The highest BCUT2D eigenvalue weighted by molar-refractivity contribution is 7.83. The van der Waals surface area contributed by atoms with E-state index in [-0.39, 0.29) is 0 Å². The van der Waals surface area contributed by atoms with Gasteiger partial charge in [0.15, 0.2) is 5.65 Å². The molecule has 1 N–H and O–H groups in total. The molecular weight excluding hydrogens is 392 g/mol. The largest absolute Gasteiger partial charge is 0.341 e. The lowest BCUT2D eigenvalue weighted by molar-refractivity contribution is 0.686. The third-order valence-corrected chi connectivity index (χ3v) is 5.65. The van der Waals surface area contributed by atoms with Gasteiger partial charge >= 0.3 is 0 Å². The van der Waals surface area contributed by atoms with Crippen molar-refractivity contribution >= 4 is 50.6 Å². The summed E-state index contributed by atoms with van der Waals surface area (Å²) in [5, 5.41) is 13.6. The molecule has 4 rings (SSSR count). The Kier molecular flexibility index (Phi) is 4.80. The van der Waals surface area contributed by atoms with Crippen molar-refractivity contribution in [1.82, 2.24) is 9.38 Å². The van der Waals surface area contributed by atoms with Crippen LogP contribution in [0.1, 0.15) is 16.7 Å². The summed E-state index contributed by atoms with van der Waals surface area (Å²) >= 11 is 6.25. The second kappa shape index (κ2) is 7.27. The third-order valence-electron chi connectivity index (χ3n) is 4.56. The van der Waals surface area contributed by atoms with E-state index in [1.54, 1.807) is 12.3 Å². The van der Waals surface area contributed by atoms with Gasteiger partial charge in [0, 0.05) is 33.5 Å². The monoisotopic (exact) mass is 408 g/mol. The van der Waals surface area contributed by atoms with E-state index in [1.807, 2.05) is 53.8 Å². The lowest BCUT2D eigenvalue weighted by Gasteiger charge is -2.14. The van der Waals surface area contributed by atoms with E-state index in [4.69, 9.17) is 11.6 Å². The second-order valence-corrected chi connectivity index (χ2v) is 8.45. The minimum Gasteiger partial charge on any atom is -0.341 e. The minimum absolute atomic E-state index is 0.393. The zero-order valence-electron chi connectivity index (χ0n) is 15.4. The van der Waals surface area contributed by atoms with Gasteiger partial charge in [-0.25, -0.2) is 4.98 Å². The van der Waals surface area contributed by atoms with Gasteiger partial charge in [-0.2, -0.15) is 5.26 Å². The van der Waals surface area contributed by atoms with E-state index < -0.39 is 10.8 Å². The Hall–Kier alpha value is -2.88. The quantitative estimate of drug-likeness (QED) is 0.519. The molecule has 0 saturated carbocycles. The zero-order valence-corrected chi connectivity index (χ0v) is 16.9. The van der Waals surface area contributed by atoms with Gasteiger partial charge in [-0.1, -0.05) is 23.7 Å². The fourth-order valence-corrected chi connectivity index (χ4v) is 4.26. The van der Waals surface area contributed by atoms with E-state index in [0.717, 1.165) is 33.7 Å². The average Bonchev–Trinajstić information content (AvgIpc) is 3.03. The lowest BCUT2D eigenvalue weighted by Crippen LogP contribution is -2.03. The predicted octanol–water partition coefficient (Wildman–Crippen LogP) is 4.94. The van der Waals surface area contributed by atoms with Crippen LogP contribution in [0.15, 0.2) is 48.5 Å². The average molecular weight is 409 g/mol. The number of para-hydroxylation sites is 2. The van der Waals surface area contributed by atoms with E-state index in [1.165, 1.54) is 0 Å². The minimum atomic E-state index is -0.987. The molecule has 28 heavy (non-hydrogen) atoms. The molecule has 0 fully saturated rings. The second-order valence-electron chi connectivity index (χ2n) is 6.61. The smallest absolute Gasteiger partial charge is 0.157 e. The number of halogens is 1. The van der Waals surface area contributed by atoms with E-state index in [0.29, 0.717) is 22.0 Å². The summed E-state index contributed by atoms with van der Waals surface area (Å²) in [5.74, 6) is 1.19. The summed E-state index contributed by atoms with van der Waals surface area (Å²) < 4.78 is 13.6. The van der Waals surface area contributed by atoms with Crippen LogP contribution >= 0.6 is 11.6 Å². The first-order chi connectivity index (χ1) is 13.5. The highest BCUT2D eigenvalue weighted by Gasteiger charge is 2.15. The van der Waals surface area contributed by atoms with Crippen LogP contribution in [-0.4, -0.2) is 19.8 Å². The maximum Gasteiger partial charge on any atom is 0.157 e. The molecule has 0 spiro atoms. The molecule has 2 aromatic heterocycles. The maximum absolute atomic E-state index is 11.6. The Morgan fingerprint density at radius 3 is 2.79 bits per heavy atom. The topological polar surface area (TPSA) is 70.2 Å². The van der Waals surface area contributed by atoms with Gasteiger partial charge in [-0.3, -0.25) is 8.61 Å². The Balaban J connectivity index is 1.90. The van der Waals surface area contributed by atoms with Crippen LogP contribution in [0, 0.1) is 18.3 Å². The van der Waals surface area contributed by atoms with Crippen LogP contribution in [0.5, 0.6) is 0 Å². The molecule has 1 unspecified atom stereocenters. The molecule has 0 aliphatic carbocycles. The van der Waals surface area contributed by atoms with Crippen LogP contribution in [0.2, 0.25) is 5.02 Å². The highest BCUT2D eigenvalue weighted by atomic mass is 35.5. The molecule has 1 atom stereocenters. The van der Waals surface area contributed by atoms with Crippen LogP contribution < -0.4 is 5.32 Å². The number of aromatic nitrogens is 2. The number of nitriles is 1. The zero-order chi connectivity index (χ0) is 19.8. The Morgan fingerprint density at radius 2 is 2.04 bits per heavy atom. The van der Waals surface area contributed by atoms with Gasteiger partial charge in [0.05, 0.1) is 16.6 Å². The number of rotatable bonds is 4. The number of hydrogen-bond donors (Lipinski definition) is 1. The van der Waals surface area contributed by atoms with E-state index in [2.05, 4.69) is 16.4 Å². The lowest BCUT2D eigenvalue weighted by atomic mass is 10.1. The fourth-order valence-electron chi connectivity index (χ4n) is 3.32. The Morgan fingerprint density at radius 1 is 1.25 bits per heavy atom. The predicted molar refractivity (Wildman–Crippen MR) is 115 cm³/mol. The van der Waals surface area contributed by atoms with Crippen LogP contribution in [0.4, 0.5) is 11.5 Å². The van der Waals surface area contributed by atoms with E-state index in [9.17, 15) is 9.47 Å². The molecule has 0 radical (unpaired) electrons. The molecule has 5 nitrogen and oxygen atoms in total. The van der Waals surface area contributed by atoms with Gasteiger partial charge in [0.1, 0.15) is 11.9 Å². The van der Waals surface area contributed by atoms with Crippen molar-refractivity contribution in [3.8, 4) is 6.07 Å². The van der Waals surface area contributed by atoms with Crippen LogP contribution in [0.25, 0.3) is 16.7 Å². The number of hydrogen-bond acceptors (Lipinski definition) is 4. The molecule has 0 aliphatic heterocycles. The van der Waals surface area contributed by atoms with Crippen molar-refractivity contribution in [1.29, 1.82) is 5.26 Å². The van der Waals surface area contributed by atoms with Crippen molar-refractivity contribution in [2.45, 2.75) is 12.7 Å². The molecule has 7 heteroatoms. The van der Waals surface area contributed by atoms with Crippen LogP contribution in [-0.2, 0) is 16.6 Å². The first-order valence-corrected chi connectivity index (χ1v) is 10.7. The summed E-state index contributed by atoms with van der Waals surface area (Å²) in [5.41, 5.74) is 5.41.